The fourth-order valence-corrected chi connectivity index (χ4v) is 2.22. The Kier molecular flexibility index (Phi) is 4.07. The third-order valence-electron chi connectivity index (χ3n) is 2.34. The molecule has 0 radical (unpaired) electrons. The number of hydrogen-bond acceptors (Lipinski definition) is 4. The average Bonchev–Trinajstić information content (AvgIpc) is 2.67. The van der Waals surface area contributed by atoms with Gasteiger partial charge in [-0.2, -0.15) is 0 Å². The number of nitrogens with zero attached hydrogens (tertiary/aromatic N) is 2. The summed E-state index contributed by atoms with van der Waals surface area (Å²) >= 11 is 1.46. The van der Waals surface area contributed by atoms with Gasteiger partial charge in [-0.1, -0.05) is 18.3 Å². The van der Waals surface area contributed by atoms with Crippen LogP contribution in [0.5, 0.6) is 0 Å². The van der Waals surface area contributed by atoms with Crippen molar-refractivity contribution in [2.45, 2.75) is 33.2 Å². The molecule has 0 bridgehead atoms. The standard InChI is InChI=1S/C10H16N2OS/c1-4-8(3)12(5-2)10-11-6-9(7-13)14-10/h6-8H,4-5H2,1-3H3. The molecule has 1 rings (SSSR count). The first-order chi connectivity index (χ1) is 6.72. The van der Waals surface area contributed by atoms with E-state index in [1.54, 1.807) is 6.20 Å². The zero-order valence-electron chi connectivity index (χ0n) is 8.86. The first-order valence-electron chi connectivity index (χ1n) is 4.90. The van der Waals surface area contributed by atoms with Crippen molar-refractivity contribution < 1.29 is 4.79 Å². The maximum atomic E-state index is 10.5. The van der Waals surface area contributed by atoms with Crippen LogP contribution in [0.25, 0.3) is 0 Å². The predicted molar refractivity (Wildman–Crippen MR) is 60.3 cm³/mol. The monoisotopic (exact) mass is 212 g/mol. The summed E-state index contributed by atoms with van der Waals surface area (Å²) in [4.78, 5) is 17.7. The topological polar surface area (TPSA) is 33.2 Å². The van der Waals surface area contributed by atoms with Crippen molar-refractivity contribution in [3.8, 4) is 0 Å². The van der Waals surface area contributed by atoms with Gasteiger partial charge in [0.25, 0.3) is 0 Å². The minimum Gasteiger partial charge on any atom is -0.346 e. The zero-order valence-corrected chi connectivity index (χ0v) is 9.67. The van der Waals surface area contributed by atoms with E-state index >= 15 is 0 Å². The van der Waals surface area contributed by atoms with Gasteiger partial charge in [-0.15, -0.1) is 0 Å². The lowest BCUT2D eigenvalue weighted by atomic mass is 10.2. The van der Waals surface area contributed by atoms with E-state index in [-0.39, 0.29) is 0 Å². The number of anilines is 1. The Labute approximate surface area is 88.8 Å². The van der Waals surface area contributed by atoms with Gasteiger partial charge in [0, 0.05) is 12.6 Å². The summed E-state index contributed by atoms with van der Waals surface area (Å²) in [6.07, 6.45) is 3.58. The van der Waals surface area contributed by atoms with Gasteiger partial charge in [-0.25, -0.2) is 4.98 Å². The molecule has 1 heterocycles. The molecule has 0 saturated carbocycles. The Bertz CT molecular complexity index is 298. The third kappa shape index (κ3) is 2.32. The summed E-state index contributed by atoms with van der Waals surface area (Å²) in [6.45, 7) is 7.36. The molecule has 1 aromatic heterocycles. The normalized spacial score (nSPS) is 12.5. The number of rotatable bonds is 5. The molecule has 0 aromatic carbocycles. The van der Waals surface area contributed by atoms with Gasteiger partial charge in [-0.3, -0.25) is 4.79 Å². The van der Waals surface area contributed by atoms with Crippen LogP contribution in [-0.4, -0.2) is 23.9 Å². The highest BCUT2D eigenvalue weighted by Crippen LogP contribution is 2.23. The second-order valence-corrected chi connectivity index (χ2v) is 4.25. The Morgan fingerprint density at radius 2 is 2.36 bits per heavy atom. The number of thiazole rings is 1. The summed E-state index contributed by atoms with van der Waals surface area (Å²) in [5.74, 6) is 0. The van der Waals surface area contributed by atoms with Crippen LogP contribution >= 0.6 is 11.3 Å². The lowest BCUT2D eigenvalue weighted by Crippen LogP contribution is -2.32. The third-order valence-corrected chi connectivity index (χ3v) is 3.30. The Hall–Kier alpha value is -0.900. The van der Waals surface area contributed by atoms with Crippen molar-refractivity contribution in [1.29, 1.82) is 0 Å². The van der Waals surface area contributed by atoms with E-state index < -0.39 is 0 Å². The molecule has 0 N–H and O–H groups in total. The smallest absolute Gasteiger partial charge is 0.186 e. The van der Waals surface area contributed by atoms with E-state index in [4.69, 9.17) is 0 Å². The van der Waals surface area contributed by atoms with E-state index in [0.29, 0.717) is 10.9 Å². The van der Waals surface area contributed by atoms with Crippen LogP contribution in [0.2, 0.25) is 0 Å². The highest BCUT2D eigenvalue weighted by molar-refractivity contribution is 7.17. The molecule has 3 nitrogen and oxygen atoms in total. The molecule has 0 aliphatic heterocycles. The van der Waals surface area contributed by atoms with Crippen LogP contribution in [0.1, 0.15) is 36.9 Å². The van der Waals surface area contributed by atoms with E-state index in [9.17, 15) is 4.79 Å². The molecule has 0 spiro atoms. The Balaban J connectivity index is 2.83. The Morgan fingerprint density at radius 1 is 1.64 bits per heavy atom. The van der Waals surface area contributed by atoms with Crippen LogP contribution < -0.4 is 4.90 Å². The molecule has 0 fully saturated rings. The van der Waals surface area contributed by atoms with Crippen LogP contribution in [0, 0.1) is 0 Å². The zero-order chi connectivity index (χ0) is 10.6. The van der Waals surface area contributed by atoms with Crippen molar-refractivity contribution in [3.63, 3.8) is 0 Å². The van der Waals surface area contributed by atoms with Gasteiger partial charge in [0.15, 0.2) is 11.4 Å². The summed E-state index contributed by atoms with van der Waals surface area (Å²) in [6, 6.07) is 0.477. The van der Waals surface area contributed by atoms with Crippen molar-refractivity contribution in [2.75, 3.05) is 11.4 Å². The molecule has 4 heteroatoms. The average molecular weight is 212 g/mol. The van der Waals surface area contributed by atoms with Gasteiger partial charge in [0.1, 0.15) is 0 Å². The van der Waals surface area contributed by atoms with Crippen LogP contribution in [0.4, 0.5) is 5.13 Å². The summed E-state index contributed by atoms with van der Waals surface area (Å²) in [5, 5.41) is 0.948. The predicted octanol–water partition coefficient (Wildman–Crippen LogP) is 2.58. The van der Waals surface area contributed by atoms with Crippen molar-refractivity contribution >= 4 is 22.8 Å². The summed E-state index contributed by atoms with van der Waals surface area (Å²) < 4.78 is 0. The van der Waals surface area contributed by atoms with Crippen LogP contribution in [0.3, 0.4) is 0 Å². The molecular weight excluding hydrogens is 196 g/mol. The number of carbonyl (C=O) groups is 1. The van der Waals surface area contributed by atoms with Gasteiger partial charge in [0.05, 0.1) is 11.1 Å². The Morgan fingerprint density at radius 3 is 2.79 bits per heavy atom. The highest BCUT2D eigenvalue weighted by Gasteiger charge is 2.14. The number of aromatic nitrogens is 1. The maximum Gasteiger partial charge on any atom is 0.186 e. The van der Waals surface area contributed by atoms with E-state index in [1.165, 1.54) is 11.3 Å². The second-order valence-electron chi connectivity index (χ2n) is 3.21. The van der Waals surface area contributed by atoms with Crippen molar-refractivity contribution in [3.05, 3.63) is 11.1 Å². The number of carbonyl (C=O) groups excluding carboxylic acids is 1. The largest absolute Gasteiger partial charge is 0.346 e. The quantitative estimate of drug-likeness (QED) is 0.703. The minimum atomic E-state index is 0.477. The van der Waals surface area contributed by atoms with Gasteiger partial charge >= 0.3 is 0 Å². The van der Waals surface area contributed by atoms with Crippen molar-refractivity contribution in [2.24, 2.45) is 0 Å². The fraction of sp³-hybridized carbons (Fsp3) is 0.600. The van der Waals surface area contributed by atoms with E-state index in [2.05, 4.69) is 30.7 Å². The van der Waals surface area contributed by atoms with E-state index in [0.717, 1.165) is 24.4 Å². The first-order valence-corrected chi connectivity index (χ1v) is 5.72. The lowest BCUT2D eigenvalue weighted by Gasteiger charge is -2.26. The number of hydrogen-bond donors (Lipinski definition) is 0. The van der Waals surface area contributed by atoms with Crippen LogP contribution in [0.15, 0.2) is 6.20 Å². The minimum absolute atomic E-state index is 0.477. The molecule has 0 aliphatic carbocycles. The number of aldehydes is 1. The molecule has 1 atom stereocenters. The lowest BCUT2D eigenvalue weighted by molar-refractivity contribution is 0.112. The fourth-order valence-electron chi connectivity index (χ4n) is 1.32. The second kappa shape index (κ2) is 5.10. The summed E-state index contributed by atoms with van der Waals surface area (Å²) in [7, 11) is 0. The van der Waals surface area contributed by atoms with Crippen LogP contribution in [-0.2, 0) is 0 Å². The van der Waals surface area contributed by atoms with E-state index in [1.807, 2.05) is 0 Å². The maximum absolute atomic E-state index is 10.5. The molecule has 0 amide bonds. The molecule has 14 heavy (non-hydrogen) atoms. The van der Waals surface area contributed by atoms with Crippen molar-refractivity contribution in [1.82, 2.24) is 4.98 Å². The molecule has 0 aliphatic rings. The summed E-state index contributed by atoms with van der Waals surface area (Å²) in [5.41, 5.74) is 0. The SMILES string of the molecule is CCC(C)N(CC)c1ncc(C=O)s1. The van der Waals surface area contributed by atoms with Gasteiger partial charge in [-0.05, 0) is 20.3 Å². The van der Waals surface area contributed by atoms with Gasteiger partial charge in [0.2, 0.25) is 0 Å². The highest BCUT2D eigenvalue weighted by atomic mass is 32.1. The van der Waals surface area contributed by atoms with Gasteiger partial charge < -0.3 is 4.90 Å². The molecule has 78 valence electrons. The first kappa shape index (κ1) is 11.2. The molecule has 1 aromatic rings. The molecule has 0 saturated heterocycles. The molecular formula is C10H16N2OS. The molecule has 1 unspecified atom stereocenters.